The Balaban J connectivity index is 2.10. The number of nitrogens with two attached hydrogens (primary N) is 1. The van der Waals surface area contributed by atoms with Crippen LogP contribution >= 0.6 is 0 Å². The SMILES string of the molecule is Nc1nc(-c2ccccc2F)nn1-c1ccccc1. The van der Waals surface area contributed by atoms with Gasteiger partial charge in [0.25, 0.3) is 0 Å². The summed E-state index contributed by atoms with van der Waals surface area (Å²) < 4.78 is 15.2. The molecule has 3 aromatic rings. The van der Waals surface area contributed by atoms with Gasteiger partial charge in [0.2, 0.25) is 5.95 Å². The van der Waals surface area contributed by atoms with Gasteiger partial charge in [-0.05, 0) is 24.3 Å². The number of aromatic nitrogens is 3. The molecule has 3 rings (SSSR count). The molecule has 0 atom stereocenters. The summed E-state index contributed by atoms with van der Waals surface area (Å²) in [7, 11) is 0. The summed E-state index contributed by atoms with van der Waals surface area (Å²) in [5.41, 5.74) is 6.95. The number of halogens is 1. The molecule has 2 aromatic carbocycles. The first kappa shape index (κ1) is 11.4. The number of nitrogen functional groups attached to an aromatic ring is 1. The van der Waals surface area contributed by atoms with Crippen molar-refractivity contribution in [1.29, 1.82) is 0 Å². The third-order valence-electron chi connectivity index (χ3n) is 2.75. The Kier molecular flexibility index (Phi) is 2.72. The van der Waals surface area contributed by atoms with Crippen LogP contribution in [0, 0.1) is 5.82 Å². The number of hydrogen-bond acceptors (Lipinski definition) is 3. The third-order valence-corrected chi connectivity index (χ3v) is 2.75. The van der Waals surface area contributed by atoms with Crippen LogP contribution in [0.25, 0.3) is 17.1 Å². The Bertz CT molecular complexity index is 706. The Morgan fingerprint density at radius 2 is 1.63 bits per heavy atom. The van der Waals surface area contributed by atoms with E-state index in [0.29, 0.717) is 5.56 Å². The zero-order chi connectivity index (χ0) is 13.2. The molecule has 0 spiro atoms. The molecule has 0 fully saturated rings. The largest absolute Gasteiger partial charge is 0.368 e. The maximum Gasteiger partial charge on any atom is 0.223 e. The van der Waals surface area contributed by atoms with Crippen LogP contribution in [0.5, 0.6) is 0 Å². The van der Waals surface area contributed by atoms with Gasteiger partial charge in [0.15, 0.2) is 5.82 Å². The molecule has 2 N–H and O–H groups in total. The van der Waals surface area contributed by atoms with E-state index in [0.717, 1.165) is 5.69 Å². The standard InChI is InChI=1S/C14H11FN4/c15-12-9-5-4-8-11(12)13-17-14(16)19(18-13)10-6-2-1-3-7-10/h1-9H,(H2,16,17,18). The lowest BCUT2D eigenvalue weighted by atomic mass is 10.2. The van der Waals surface area contributed by atoms with E-state index in [4.69, 9.17) is 5.73 Å². The first-order valence-corrected chi connectivity index (χ1v) is 5.78. The summed E-state index contributed by atoms with van der Waals surface area (Å²) in [5.74, 6) is 0.136. The summed E-state index contributed by atoms with van der Waals surface area (Å²) in [5, 5.41) is 4.25. The smallest absolute Gasteiger partial charge is 0.223 e. The molecule has 4 nitrogen and oxygen atoms in total. The maximum atomic E-state index is 13.7. The van der Waals surface area contributed by atoms with Gasteiger partial charge in [-0.15, -0.1) is 5.10 Å². The molecule has 0 saturated carbocycles. The quantitative estimate of drug-likeness (QED) is 0.764. The van der Waals surface area contributed by atoms with Crippen molar-refractivity contribution in [3.8, 4) is 17.1 Å². The van der Waals surface area contributed by atoms with Crippen LogP contribution < -0.4 is 5.73 Å². The molecular weight excluding hydrogens is 243 g/mol. The highest BCUT2D eigenvalue weighted by atomic mass is 19.1. The highest BCUT2D eigenvalue weighted by Crippen LogP contribution is 2.21. The van der Waals surface area contributed by atoms with E-state index in [1.54, 1.807) is 18.2 Å². The minimum absolute atomic E-state index is 0.226. The van der Waals surface area contributed by atoms with Crippen LogP contribution in [0.3, 0.4) is 0 Å². The number of hydrogen-bond donors (Lipinski definition) is 1. The van der Waals surface area contributed by atoms with Gasteiger partial charge in [-0.2, -0.15) is 9.67 Å². The van der Waals surface area contributed by atoms with Gasteiger partial charge in [-0.3, -0.25) is 0 Å². The van der Waals surface area contributed by atoms with E-state index in [1.165, 1.54) is 10.7 Å². The van der Waals surface area contributed by atoms with Crippen molar-refractivity contribution in [2.45, 2.75) is 0 Å². The van der Waals surface area contributed by atoms with Crippen molar-refractivity contribution in [2.24, 2.45) is 0 Å². The molecule has 0 aliphatic heterocycles. The van der Waals surface area contributed by atoms with Crippen LogP contribution in [-0.4, -0.2) is 14.8 Å². The Morgan fingerprint density at radius 1 is 0.947 bits per heavy atom. The fourth-order valence-corrected chi connectivity index (χ4v) is 1.84. The second kappa shape index (κ2) is 4.53. The molecule has 0 aliphatic carbocycles. The summed E-state index contributed by atoms with van der Waals surface area (Å²) in [4.78, 5) is 4.11. The van der Waals surface area contributed by atoms with Crippen molar-refractivity contribution in [3.63, 3.8) is 0 Å². The van der Waals surface area contributed by atoms with Crippen LogP contribution in [0.2, 0.25) is 0 Å². The summed E-state index contributed by atoms with van der Waals surface area (Å²) >= 11 is 0. The molecule has 0 unspecified atom stereocenters. The zero-order valence-electron chi connectivity index (χ0n) is 9.99. The van der Waals surface area contributed by atoms with E-state index in [9.17, 15) is 4.39 Å². The van der Waals surface area contributed by atoms with E-state index in [1.807, 2.05) is 30.3 Å². The molecule has 0 bridgehead atoms. The van der Waals surface area contributed by atoms with Crippen LogP contribution in [-0.2, 0) is 0 Å². The highest BCUT2D eigenvalue weighted by Gasteiger charge is 2.13. The molecule has 19 heavy (non-hydrogen) atoms. The number of anilines is 1. The van der Waals surface area contributed by atoms with Gasteiger partial charge >= 0.3 is 0 Å². The van der Waals surface area contributed by atoms with E-state index < -0.39 is 0 Å². The first-order valence-electron chi connectivity index (χ1n) is 5.78. The van der Waals surface area contributed by atoms with Gasteiger partial charge < -0.3 is 5.73 Å². The van der Waals surface area contributed by atoms with Gasteiger partial charge in [0.05, 0.1) is 11.3 Å². The van der Waals surface area contributed by atoms with Gasteiger partial charge in [-0.25, -0.2) is 4.39 Å². The van der Waals surface area contributed by atoms with Gasteiger partial charge in [0, 0.05) is 0 Å². The average molecular weight is 254 g/mol. The molecule has 0 aliphatic rings. The zero-order valence-corrected chi connectivity index (χ0v) is 9.99. The molecule has 0 amide bonds. The second-order valence-corrected chi connectivity index (χ2v) is 4.02. The lowest BCUT2D eigenvalue weighted by molar-refractivity contribution is 0.630. The first-order chi connectivity index (χ1) is 9.25. The normalized spacial score (nSPS) is 10.6. The number of nitrogens with zero attached hydrogens (tertiary/aromatic N) is 3. The van der Waals surface area contributed by atoms with Crippen molar-refractivity contribution >= 4 is 5.95 Å². The number of rotatable bonds is 2. The topological polar surface area (TPSA) is 56.7 Å². The van der Waals surface area contributed by atoms with Crippen LogP contribution in [0.1, 0.15) is 0 Å². The fraction of sp³-hybridized carbons (Fsp3) is 0. The monoisotopic (exact) mass is 254 g/mol. The van der Waals surface area contributed by atoms with Crippen LogP contribution in [0.4, 0.5) is 10.3 Å². The average Bonchev–Trinajstić information content (AvgIpc) is 2.82. The second-order valence-electron chi connectivity index (χ2n) is 4.02. The highest BCUT2D eigenvalue weighted by molar-refractivity contribution is 5.57. The Labute approximate surface area is 109 Å². The molecule has 0 radical (unpaired) electrons. The summed E-state index contributed by atoms with van der Waals surface area (Å²) in [6.07, 6.45) is 0. The molecular formula is C14H11FN4. The third kappa shape index (κ3) is 2.06. The van der Waals surface area contributed by atoms with Gasteiger partial charge in [0.1, 0.15) is 5.82 Å². The van der Waals surface area contributed by atoms with Crippen molar-refractivity contribution in [1.82, 2.24) is 14.8 Å². The Hall–Kier alpha value is -2.69. The predicted octanol–water partition coefficient (Wildman–Crippen LogP) is 2.66. The summed E-state index contributed by atoms with van der Waals surface area (Å²) in [6, 6.07) is 15.7. The van der Waals surface area contributed by atoms with Crippen molar-refractivity contribution in [3.05, 3.63) is 60.4 Å². The number of para-hydroxylation sites is 1. The van der Waals surface area contributed by atoms with E-state index >= 15 is 0 Å². The van der Waals surface area contributed by atoms with E-state index in [-0.39, 0.29) is 17.6 Å². The van der Waals surface area contributed by atoms with Crippen LogP contribution in [0.15, 0.2) is 54.6 Å². The van der Waals surface area contributed by atoms with Gasteiger partial charge in [-0.1, -0.05) is 30.3 Å². The lowest BCUT2D eigenvalue weighted by Gasteiger charge is -2.00. The molecule has 1 heterocycles. The van der Waals surface area contributed by atoms with Crippen molar-refractivity contribution < 1.29 is 4.39 Å². The molecule has 5 heteroatoms. The lowest BCUT2D eigenvalue weighted by Crippen LogP contribution is -2.01. The number of benzene rings is 2. The summed E-state index contributed by atoms with van der Waals surface area (Å²) in [6.45, 7) is 0. The molecule has 0 saturated heterocycles. The predicted molar refractivity (Wildman–Crippen MR) is 71.2 cm³/mol. The minimum atomic E-state index is -0.368. The maximum absolute atomic E-state index is 13.7. The molecule has 94 valence electrons. The molecule has 1 aromatic heterocycles. The van der Waals surface area contributed by atoms with Crippen molar-refractivity contribution in [2.75, 3.05) is 5.73 Å². The minimum Gasteiger partial charge on any atom is -0.368 e. The Morgan fingerprint density at radius 3 is 2.37 bits per heavy atom. The van der Waals surface area contributed by atoms with E-state index in [2.05, 4.69) is 10.1 Å². The fourth-order valence-electron chi connectivity index (χ4n) is 1.84.